The fourth-order valence-corrected chi connectivity index (χ4v) is 3.33. The van der Waals surface area contributed by atoms with Gasteiger partial charge in [-0.2, -0.15) is 5.10 Å². The van der Waals surface area contributed by atoms with Gasteiger partial charge in [0.1, 0.15) is 12.2 Å². The summed E-state index contributed by atoms with van der Waals surface area (Å²) in [4.78, 5) is 16.3. The SMILES string of the molecule is CC(NC(=O)C1CC2CCCCC2N1)c1ncn[nH]1. The average Bonchev–Trinajstić information content (AvgIpc) is 3.07. The van der Waals surface area contributed by atoms with Crippen LogP contribution in [0.1, 0.15) is 50.9 Å². The van der Waals surface area contributed by atoms with E-state index in [4.69, 9.17) is 0 Å². The van der Waals surface area contributed by atoms with Crippen LogP contribution in [0.5, 0.6) is 0 Å². The van der Waals surface area contributed by atoms with E-state index in [1.807, 2.05) is 6.92 Å². The Morgan fingerprint density at radius 2 is 2.32 bits per heavy atom. The van der Waals surface area contributed by atoms with Crippen LogP contribution in [0.2, 0.25) is 0 Å². The molecule has 4 atom stereocenters. The third-order valence-electron chi connectivity index (χ3n) is 4.38. The van der Waals surface area contributed by atoms with Gasteiger partial charge >= 0.3 is 0 Å². The number of carbonyl (C=O) groups is 1. The van der Waals surface area contributed by atoms with E-state index in [2.05, 4.69) is 25.8 Å². The van der Waals surface area contributed by atoms with Crippen LogP contribution in [0.4, 0.5) is 0 Å². The summed E-state index contributed by atoms with van der Waals surface area (Å²) in [6.07, 6.45) is 7.51. The van der Waals surface area contributed by atoms with Crippen LogP contribution in [-0.4, -0.2) is 33.2 Å². The number of carbonyl (C=O) groups excluding carboxylic acids is 1. The summed E-state index contributed by atoms with van der Waals surface area (Å²) in [6.45, 7) is 1.92. The fourth-order valence-electron chi connectivity index (χ4n) is 3.33. The van der Waals surface area contributed by atoms with E-state index in [0.717, 1.165) is 6.42 Å². The second kappa shape index (κ2) is 5.28. The third-order valence-corrected chi connectivity index (χ3v) is 4.38. The van der Waals surface area contributed by atoms with Gasteiger partial charge in [0.05, 0.1) is 12.1 Å². The maximum Gasteiger partial charge on any atom is 0.237 e. The zero-order valence-corrected chi connectivity index (χ0v) is 11.2. The van der Waals surface area contributed by atoms with Crippen molar-refractivity contribution in [3.8, 4) is 0 Å². The maximum absolute atomic E-state index is 12.3. The second-order valence-electron chi connectivity index (χ2n) is 5.71. The fraction of sp³-hybridized carbons (Fsp3) is 0.769. The zero-order valence-electron chi connectivity index (χ0n) is 11.2. The van der Waals surface area contributed by atoms with Crippen LogP contribution in [0.15, 0.2) is 6.33 Å². The highest BCUT2D eigenvalue weighted by Crippen LogP contribution is 2.33. The molecule has 1 saturated heterocycles. The van der Waals surface area contributed by atoms with Crippen molar-refractivity contribution in [2.75, 3.05) is 0 Å². The second-order valence-corrected chi connectivity index (χ2v) is 5.71. The summed E-state index contributed by atoms with van der Waals surface area (Å²) < 4.78 is 0. The molecule has 1 saturated carbocycles. The molecule has 0 spiro atoms. The lowest BCUT2D eigenvalue weighted by Crippen LogP contribution is -2.44. The monoisotopic (exact) mass is 263 g/mol. The van der Waals surface area contributed by atoms with Crippen molar-refractivity contribution in [1.82, 2.24) is 25.8 Å². The lowest BCUT2D eigenvalue weighted by molar-refractivity contribution is -0.123. The van der Waals surface area contributed by atoms with Crippen molar-refractivity contribution in [3.05, 3.63) is 12.2 Å². The van der Waals surface area contributed by atoms with Crippen LogP contribution >= 0.6 is 0 Å². The van der Waals surface area contributed by atoms with Crippen molar-refractivity contribution in [2.24, 2.45) is 5.92 Å². The predicted molar refractivity (Wildman–Crippen MR) is 70.2 cm³/mol. The Hall–Kier alpha value is -1.43. The van der Waals surface area contributed by atoms with E-state index in [-0.39, 0.29) is 18.0 Å². The largest absolute Gasteiger partial charge is 0.345 e. The highest BCUT2D eigenvalue weighted by Gasteiger charge is 2.38. The number of aromatic nitrogens is 3. The van der Waals surface area contributed by atoms with Crippen LogP contribution in [0.25, 0.3) is 0 Å². The first-order chi connectivity index (χ1) is 9.24. The van der Waals surface area contributed by atoms with Gasteiger partial charge in [-0.05, 0) is 32.1 Å². The normalized spacial score (nSPS) is 31.7. The zero-order chi connectivity index (χ0) is 13.2. The lowest BCUT2D eigenvalue weighted by atomic mass is 9.85. The number of amides is 1. The van der Waals surface area contributed by atoms with Gasteiger partial charge in [0, 0.05) is 6.04 Å². The number of aromatic amines is 1. The molecule has 19 heavy (non-hydrogen) atoms. The van der Waals surface area contributed by atoms with E-state index >= 15 is 0 Å². The molecule has 4 unspecified atom stereocenters. The minimum atomic E-state index is -0.126. The number of rotatable bonds is 3. The van der Waals surface area contributed by atoms with Crippen molar-refractivity contribution >= 4 is 5.91 Å². The van der Waals surface area contributed by atoms with E-state index < -0.39 is 0 Å². The highest BCUT2D eigenvalue weighted by molar-refractivity contribution is 5.82. The summed E-state index contributed by atoms with van der Waals surface area (Å²) in [7, 11) is 0. The molecule has 0 radical (unpaired) electrons. The van der Waals surface area contributed by atoms with Gasteiger partial charge in [0.15, 0.2) is 0 Å². The predicted octanol–water partition coefficient (Wildman–Crippen LogP) is 0.903. The number of hydrogen-bond acceptors (Lipinski definition) is 4. The molecule has 1 aromatic rings. The van der Waals surface area contributed by atoms with Gasteiger partial charge in [-0.15, -0.1) is 0 Å². The van der Waals surface area contributed by atoms with Crippen LogP contribution < -0.4 is 10.6 Å². The third kappa shape index (κ3) is 2.63. The molecule has 1 amide bonds. The molecule has 2 heterocycles. The Balaban J connectivity index is 1.56. The minimum Gasteiger partial charge on any atom is -0.345 e. The molecule has 3 N–H and O–H groups in total. The molecule has 1 aromatic heterocycles. The lowest BCUT2D eigenvalue weighted by Gasteiger charge is -2.24. The molecule has 6 nitrogen and oxygen atoms in total. The summed E-state index contributed by atoms with van der Waals surface area (Å²) in [5.41, 5.74) is 0. The molecule has 3 rings (SSSR count). The van der Waals surface area contributed by atoms with Gasteiger partial charge in [-0.25, -0.2) is 4.98 Å². The number of nitrogens with one attached hydrogen (secondary N) is 3. The highest BCUT2D eigenvalue weighted by atomic mass is 16.2. The van der Waals surface area contributed by atoms with E-state index in [1.54, 1.807) is 0 Å². The summed E-state index contributed by atoms with van der Waals surface area (Å²) in [6, 6.07) is 0.378. The molecule has 104 valence electrons. The molecule has 1 aliphatic heterocycles. The van der Waals surface area contributed by atoms with Gasteiger partial charge < -0.3 is 10.6 Å². The average molecular weight is 263 g/mol. The summed E-state index contributed by atoms with van der Waals surface area (Å²) in [5, 5.41) is 13.1. The Morgan fingerprint density at radius 1 is 1.47 bits per heavy atom. The first-order valence-electron chi connectivity index (χ1n) is 7.15. The maximum atomic E-state index is 12.3. The Kier molecular flexibility index (Phi) is 3.50. The Bertz CT molecular complexity index is 418. The van der Waals surface area contributed by atoms with Crippen molar-refractivity contribution in [3.63, 3.8) is 0 Å². The van der Waals surface area contributed by atoms with Gasteiger partial charge in [-0.3, -0.25) is 9.89 Å². The smallest absolute Gasteiger partial charge is 0.237 e. The first-order valence-corrected chi connectivity index (χ1v) is 7.15. The van der Waals surface area contributed by atoms with Crippen LogP contribution in [-0.2, 0) is 4.79 Å². The van der Waals surface area contributed by atoms with E-state index in [0.29, 0.717) is 17.8 Å². The van der Waals surface area contributed by atoms with Gasteiger partial charge in [0.2, 0.25) is 5.91 Å². The molecule has 2 fully saturated rings. The number of H-pyrrole nitrogens is 1. The standard InChI is InChI=1S/C13H21N5O/c1-8(12-14-7-15-18-12)16-13(19)11-6-9-4-2-3-5-10(9)17-11/h7-11,17H,2-6H2,1H3,(H,16,19)(H,14,15,18). The van der Waals surface area contributed by atoms with Crippen molar-refractivity contribution in [2.45, 2.75) is 57.2 Å². The first kappa shape index (κ1) is 12.6. The number of nitrogens with zero attached hydrogens (tertiary/aromatic N) is 2. The van der Waals surface area contributed by atoms with Crippen molar-refractivity contribution < 1.29 is 4.79 Å². The van der Waals surface area contributed by atoms with E-state index in [9.17, 15) is 4.79 Å². The minimum absolute atomic E-state index is 0.0431. The summed E-state index contributed by atoms with van der Waals surface area (Å²) >= 11 is 0. The van der Waals surface area contributed by atoms with Crippen LogP contribution in [0, 0.1) is 5.92 Å². The number of fused-ring (bicyclic) bond motifs is 1. The molecule has 0 bridgehead atoms. The topological polar surface area (TPSA) is 82.7 Å². The Morgan fingerprint density at radius 3 is 3.05 bits per heavy atom. The van der Waals surface area contributed by atoms with Gasteiger partial charge in [-0.1, -0.05) is 12.8 Å². The quantitative estimate of drug-likeness (QED) is 0.756. The Labute approximate surface area is 112 Å². The molecule has 6 heteroatoms. The van der Waals surface area contributed by atoms with E-state index in [1.165, 1.54) is 32.0 Å². The summed E-state index contributed by atoms with van der Waals surface area (Å²) in [5.74, 6) is 1.46. The molecular weight excluding hydrogens is 242 g/mol. The van der Waals surface area contributed by atoms with Gasteiger partial charge in [0.25, 0.3) is 0 Å². The van der Waals surface area contributed by atoms with Crippen molar-refractivity contribution in [1.29, 1.82) is 0 Å². The molecule has 0 aromatic carbocycles. The molecule has 2 aliphatic rings. The number of hydrogen-bond donors (Lipinski definition) is 3. The van der Waals surface area contributed by atoms with Crippen LogP contribution in [0.3, 0.4) is 0 Å². The molecule has 1 aliphatic carbocycles. The molecular formula is C13H21N5O.